The summed E-state index contributed by atoms with van der Waals surface area (Å²) >= 11 is 0. The molecule has 0 aliphatic carbocycles. The molecule has 0 saturated carbocycles. The van der Waals surface area contributed by atoms with Crippen molar-refractivity contribution in [1.82, 2.24) is 30.3 Å². The number of likely N-dealkylation sites (N-methyl/N-ethyl adjacent to an activating group) is 1. The number of rotatable bonds is 7. The van der Waals surface area contributed by atoms with E-state index in [9.17, 15) is 0 Å². The van der Waals surface area contributed by atoms with E-state index >= 15 is 0 Å². The highest BCUT2D eigenvalue weighted by atomic mass is 16.5. The van der Waals surface area contributed by atoms with Gasteiger partial charge in [-0.25, -0.2) is 0 Å². The summed E-state index contributed by atoms with van der Waals surface area (Å²) in [6, 6.07) is 0. The van der Waals surface area contributed by atoms with Gasteiger partial charge in [0.2, 0.25) is 0 Å². The van der Waals surface area contributed by atoms with E-state index in [0.717, 1.165) is 25.5 Å². The zero-order chi connectivity index (χ0) is 12.8. The minimum absolute atomic E-state index is 0.645. The average Bonchev–Trinajstić information content (AvgIpc) is 2.86. The van der Waals surface area contributed by atoms with Gasteiger partial charge in [0.25, 0.3) is 0 Å². The minimum Gasteiger partial charge on any atom is -0.383 e. The molecule has 98 valence electrons. The van der Waals surface area contributed by atoms with Crippen LogP contribution in [0.1, 0.15) is 0 Å². The third kappa shape index (κ3) is 2.90. The molecule has 0 aliphatic rings. The summed E-state index contributed by atoms with van der Waals surface area (Å²) in [6.45, 7) is 3.26. The quantitative estimate of drug-likeness (QED) is 0.645. The second-order valence-electron chi connectivity index (χ2n) is 3.88. The lowest BCUT2D eigenvalue weighted by Gasteiger charge is -2.18. The third-order valence-electron chi connectivity index (χ3n) is 2.59. The van der Waals surface area contributed by atoms with E-state index in [0.29, 0.717) is 12.3 Å². The van der Waals surface area contributed by atoms with Crippen molar-refractivity contribution in [3.63, 3.8) is 0 Å². The van der Waals surface area contributed by atoms with Crippen LogP contribution in [-0.2, 0) is 4.74 Å². The number of anilines is 1. The van der Waals surface area contributed by atoms with E-state index in [2.05, 4.69) is 30.7 Å². The molecule has 0 fully saturated rings. The lowest BCUT2D eigenvalue weighted by Crippen LogP contribution is -2.32. The first kappa shape index (κ1) is 12.7. The molecule has 1 N–H and O–H groups in total. The Balaban J connectivity index is 1.92. The average molecular weight is 251 g/mol. The molecule has 0 bridgehead atoms. The fourth-order valence-electron chi connectivity index (χ4n) is 1.58. The molecule has 8 heteroatoms. The lowest BCUT2D eigenvalue weighted by atomic mass is 10.5. The van der Waals surface area contributed by atoms with Gasteiger partial charge in [0, 0.05) is 33.8 Å². The van der Waals surface area contributed by atoms with Gasteiger partial charge in [-0.1, -0.05) is 0 Å². The van der Waals surface area contributed by atoms with Crippen molar-refractivity contribution in [2.45, 2.75) is 0 Å². The number of fused-ring (bicyclic) bond motifs is 1. The molecule has 0 aromatic carbocycles. The van der Waals surface area contributed by atoms with Gasteiger partial charge in [0.05, 0.1) is 19.0 Å². The van der Waals surface area contributed by atoms with Gasteiger partial charge in [0.1, 0.15) is 0 Å². The lowest BCUT2D eigenvalue weighted by molar-refractivity contribution is 0.200. The summed E-state index contributed by atoms with van der Waals surface area (Å²) in [5.74, 6) is 0.867. The predicted octanol–water partition coefficient (Wildman–Crippen LogP) is -0.808. The Morgan fingerprint density at radius 2 is 2.28 bits per heavy atom. The fourth-order valence-corrected chi connectivity index (χ4v) is 1.58. The van der Waals surface area contributed by atoms with Crippen LogP contribution >= 0.6 is 0 Å². The largest absolute Gasteiger partial charge is 0.383 e. The van der Waals surface area contributed by atoms with Crippen molar-refractivity contribution in [3.8, 4) is 0 Å². The second-order valence-corrected chi connectivity index (χ2v) is 3.88. The van der Waals surface area contributed by atoms with E-state index in [1.165, 1.54) is 0 Å². The highest BCUT2D eigenvalue weighted by Crippen LogP contribution is 2.09. The molecule has 0 amide bonds. The standard InChI is InChI=1S/C10H17N7O/c1-16(5-3-11-4-6-18-2)10-8-12-7-9-13-14-15-17(9)10/h7-8,11H,3-6H2,1-2H3. The number of hydrogen-bond donors (Lipinski definition) is 1. The molecular formula is C10H17N7O. The molecule has 2 heterocycles. The van der Waals surface area contributed by atoms with Gasteiger partial charge in [-0.05, 0) is 10.4 Å². The third-order valence-corrected chi connectivity index (χ3v) is 2.59. The Kier molecular flexibility index (Phi) is 4.37. The molecule has 0 atom stereocenters. The van der Waals surface area contributed by atoms with E-state index in [4.69, 9.17) is 4.74 Å². The topological polar surface area (TPSA) is 80.5 Å². The Morgan fingerprint density at radius 3 is 3.11 bits per heavy atom. The molecule has 2 rings (SSSR count). The number of ether oxygens (including phenoxy) is 1. The minimum atomic E-state index is 0.645. The van der Waals surface area contributed by atoms with Crippen LogP contribution < -0.4 is 10.2 Å². The van der Waals surface area contributed by atoms with Crippen LogP contribution in [0.2, 0.25) is 0 Å². The summed E-state index contributed by atoms with van der Waals surface area (Å²) in [5.41, 5.74) is 0.645. The number of hydrogen-bond acceptors (Lipinski definition) is 7. The molecule has 2 aromatic rings. The summed E-state index contributed by atoms with van der Waals surface area (Å²) < 4.78 is 6.63. The Hall–Kier alpha value is -1.80. The van der Waals surface area contributed by atoms with Crippen LogP contribution in [0.4, 0.5) is 5.82 Å². The van der Waals surface area contributed by atoms with Gasteiger partial charge < -0.3 is 15.0 Å². The Labute approximate surface area is 105 Å². The van der Waals surface area contributed by atoms with Gasteiger partial charge in [-0.3, -0.25) is 4.98 Å². The SMILES string of the molecule is COCCNCCN(C)c1cncc2nnnn12. The number of methoxy groups -OCH3 is 1. The van der Waals surface area contributed by atoms with Gasteiger partial charge in [-0.2, -0.15) is 4.52 Å². The maximum atomic E-state index is 4.96. The van der Waals surface area contributed by atoms with Crippen LogP contribution in [0.5, 0.6) is 0 Å². The van der Waals surface area contributed by atoms with Crippen molar-refractivity contribution in [1.29, 1.82) is 0 Å². The molecule has 0 unspecified atom stereocenters. The van der Waals surface area contributed by atoms with E-state index < -0.39 is 0 Å². The van der Waals surface area contributed by atoms with Crippen molar-refractivity contribution >= 4 is 11.5 Å². The second kappa shape index (κ2) is 6.22. The maximum absolute atomic E-state index is 4.96. The van der Waals surface area contributed by atoms with Crippen molar-refractivity contribution in [3.05, 3.63) is 12.4 Å². The van der Waals surface area contributed by atoms with Gasteiger partial charge in [-0.15, -0.1) is 5.10 Å². The van der Waals surface area contributed by atoms with E-state index in [1.54, 1.807) is 24.0 Å². The molecule has 18 heavy (non-hydrogen) atoms. The van der Waals surface area contributed by atoms with Crippen LogP contribution in [0.3, 0.4) is 0 Å². The molecule has 0 saturated heterocycles. The zero-order valence-corrected chi connectivity index (χ0v) is 10.6. The molecule has 0 spiro atoms. The monoisotopic (exact) mass is 251 g/mol. The maximum Gasteiger partial charge on any atom is 0.199 e. The number of nitrogens with zero attached hydrogens (tertiary/aromatic N) is 6. The summed E-state index contributed by atoms with van der Waals surface area (Å²) in [7, 11) is 3.67. The molecular weight excluding hydrogens is 234 g/mol. The normalized spacial score (nSPS) is 11.0. The number of nitrogens with one attached hydrogen (secondary N) is 1. The Bertz CT molecular complexity index is 486. The summed E-state index contributed by atoms with van der Waals surface area (Å²) in [5, 5.41) is 14.7. The number of aromatic nitrogens is 5. The van der Waals surface area contributed by atoms with Crippen molar-refractivity contribution < 1.29 is 4.74 Å². The van der Waals surface area contributed by atoms with E-state index in [1.807, 2.05) is 7.05 Å². The zero-order valence-electron chi connectivity index (χ0n) is 10.6. The first-order valence-electron chi connectivity index (χ1n) is 5.76. The van der Waals surface area contributed by atoms with Crippen LogP contribution in [0.25, 0.3) is 5.65 Å². The smallest absolute Gasteiger partial charge is 0.199 e. The first-order valence-corrected chi connectivity index (χ1v) is 5.76. The van der Waals surface area contributed by atoms with Crippen LogP contribution in [0, 0.1) is 0 Å². The summed E-state index contributed by atoms with van der Waals surface area (Å²) in [6.07, 6.45) is 3.38. The van der Waals surface area contributed by atoms with Crippen LogP contribution in [-0.4, -0.2) is 65.4 Å². The number of tetrazole rings is 1. The fraction of sp³-hybridized carbons (Fsp3) is 0.600. The highest BCUT2D eigenvalue weighted by Gasteiger charge is 2.07. The summed E-state index contributed by atoms with van der Waals surface area (Å²) in [4.78, 5) is 6.17. The van der Waals surface area contributed by atoms with Gasteiger partial charge in [0.15, 0.2) is 11.5 Å². The first-order chi connectivity index (χ1) is 8.83. The van der Waals surface area contributed by atoms with Crippen molar-refractivity contribution in [2.75, 3.05) is 45.3 Å². The van der Waals surface area contributed by atoms with Gasteiger partial charge >= 0.3 is 0 Å². The predicted molar refractivity (Wildman–Crippen MR) is 66.6 cm³/mol. The molecule has 8 nitrogen and oxygen atoms in total. The Morgan fingerprint density at radius 1 is 1.39 bits per heavy atom. The molecule has 2 aromatic heterocycles. The van der Waals surface area contributed by atoms with E-state index in [-0.39, 0.29) is 0 Å². The molecule has 0 radical (unpaired) electrons. The highest BCUT2D eigenvalue weighted by molar-refractivity contribution is 5.45. The van der Waals surface area contributed by atoms with Crippen LogP contribution in [0.15, 0.2) is 12.4 Å². The molecule has 0 aliphatic heterocycles. The van der Waals surface area contributed by atoms with Crippen molar-refractivity contribution in [2.24, 2.45) is 0 Å².